The molecule has 0 radical (unpaired) electrons. The summed E-state index contributed by atoms with van der Waals surface area (Å²) in [4.78, 5) is 1.52. The van der Waals surface area contributed by atoms with Gasteiger partial charge in [-0.05, 0) is 42.7 Å². The third-order valence-electron chi connectivity index (χ3n) is 2.31. The van der Waals surface area contributed by atoms with Crippen LogP contribution in [0.15, 0.2) is 52.3 Å². The van der Waals surface area contributed by atoms with Crippen LogP contribution in [0, 0.1) is 0 Å². The number of benzene rings is 2. The fraction of sp³-hybridized carbons (Fsp3) is 0.0769. The third kappa shape index (κ3) is 3.11. The normalized spacial score (nSPS) is 10.3. The van der Waals surface area contributed by atoms with Crippen molar-refractivity contribution in [2.75, 3.05) is 6.26 Å². The Morgan fingerprint density at radius 3 is 2.33 bits per heavy atom. The average molecular weight is 282 g/mol. The van der Waals surface area contributed by atoms with Crippen molar-refractivity contribution in [3.63, 3.8) is 0 Å². The fourth-order valence-electron chi connectivity index (χ4n) is 1.39. The van der Waals surface area contributed by atoms with Crippen molar-refractivity contribution >= 4 is 23.9 Å². The van der Waals surface area contributed by atoms with E-state index in [4.69, 9.17) is 4.74 Å². The zero-order valence-electron chi connectivity index (χ0n) is 9.59. The molecule has 94 valence electrons. The van der Waals surface area contributed by atoms with Gasteiger partial charge in [0, 0.05) is 15.9 Å². The van der Waals surface area contributed by atoms with Gasteiger partial charge in [0.25, 0.3) is 0 Å². The topological polar surface area (TPSA) is 29.5 Å². The Labute approximate surface area is 113 Å². The summed E-state index contributed by atoms with van der Waals surface area (Å²) in [6.07, 6.45) is 1.99. The van der Waals surface area contributed by atoms with Crippen molar-refractivity contribution < 1.29 is 13.7 Å². The third-order valence-corrected chi connectivity index (χ3v) is 3.48. The molecule has 0 fully saturated rings. The number of hydrogen-bond donors (Lipinski definition) is 1. The number of halogens is 1. The first-order valence-corrected chi connectivity index (χ1v) is 7.10. The molecule has 2 aromatic rings. The van der Waals surface area contributed by atoms with Crippen LogP contribution in [-0.2, 0) is 0 Å². The minimum absolute atomic E-state index is 0.0123. The predicted molar refractivity (Wildman–Crippen MR) is 73.4 cm³/mol. The van der Waals surface area contributed by atoms with Gasteiger partial charge in [-0.3, -0.25) is 0 Å². The molecule has 0 spiro atoms. The van der Waals surface area contributed by atoms with Gasteiger partial charge >= 0.3 is 0 Å². The molecule has 2 rings (SSSR count). The summed E-state index contributed by atoms with van der Waals surface area (Å²) >= 11 is 1.75. The van der Waals surface area contributed by atoms with Crippen molar-refractivity contribution in [3.8, 4) is 17.2 Å². The monoisotopic (exact) mass is 282 g/mol. The SMILES string of the molecule is CSc1ccc(Oc2cc(SF)ccc2O)cc1. The molecule has 2 nitrogen and oxygen atoms in total. The highest BCUT2D eigenvalue weighted by molar-refractivity contribution is 7.98. The van der Waals surface area contributed by atoms with Crippen LogP contribution in [0.25, 0.3) is 0 Å². The maximum absolute atomic E-state index is 12.5. The summed E-state index contributed by atoms with van der Waals surface area (Å²) in [6, 6.07) is 11.8. The predicted octanol–water partition coefficient (Wildman–Crippen LogP) is 4.88. The Morgan fingerprint density at radius 1 is 1.06 bits per heavy atom. The van der Waals surface area contributed by atoms with E-state index in [2.05, 4.69) is 0 Å². The highest BCUT2D eigenvalue weighted by Gasteiger charge is 2.06. The molecular formula is C13H11FO2S2. The number of phenols is 1. The van der Waals surface area contributed by atoms with Crippen molar-refractivity contribution in [3.05, 3.63) is 42.5 Å². The van der Waals surface area contributed by atoms with Crippen LogP contribution in [0.1, 0.15) is 0 Å². The minimum Gasteiger partial charge on any atom is -0.504 e. The summed E-state index contributed by atoms with van der Waals surface area (Å²) in [5.41, 5.74) is 0. The molecule has 0 aliphatic heterocycles. The van der Waals surface area contributed by atoms with Crippen LogP contribution in [0.4, 0.5) is 3.89 Å². The Morgan fingerprint density at radius 2 is 1.72 bits per heavy atom. The lowest BCUT2D eigenvalue weighted by molar-refractivity contribution is 0.410. The van der Waals surface area contributed by atoms with Crippen molar-refractivity contribution in [1.29, 1.82) is 0 Å². The van der Waals surface area contributed by atoms with E-state index in [-0.39, 0.29) is 23.6 Å². The summed E-state index contributed by atoms with van der Waals surface area (Å²) < 4.78 is 18.0. The Bertz CT molecular complexity index is 529. The number of thioether (sulfide) groups is 1. The Hall–Kier alpha value is -1.33. The molecule has 18 heavy (non-hydrogen) atoms. The second kappa shape index (κ2) is 6.02. The van der Waals surface area contributed by atoms with E-state index in [0.29, 0.717) is 10.6 Å². The fourth-order valence-corrected chi connectivity index (χ4v) is 2.07. The number of rotatable bonds is 4. The first-order valence-electron chi connectivity index (χ1n) is 5.16. The summed E-state index contributed by atoms with van der Waals surface area (Å²) in [6.45, 7) is 0. The number of ether oxygens (including phenoxy) is 1. The van der Waals surface area contributed by atoms with E-state index in [1.54, 1.807) is 23.9 Å². The molecule has 0 unspecified atom stereocenters. The summed E-state index contributed by atoms with van der Waals surface area (Å²) in [5.74, 6) is 0.834. The molecule has 0 atom stereocenters. The van der Waals surface area contributed by atoms with E-state index in [0.717, 1.165) is 4.90 Å². The maximum atomic E-state index is 12.5. The molecule has 0 saturated carbocycles. The van der Waals surface area contributed by atoms with Crippen LogP contribution in [0.2, 0.25) is 0 Å². The van der Waals surface area contributed by atoms with Gasteiger partial charge in [0.05, 0.1) is 12.1 Å². The number of aromatic hydroxyl groups is 1. The number of phenolic OH excluding ortho intramolecular Hbond substituents is 1. The van der Waals surface area contributed by atoms with E-state index >= 15 is 0 Å². The van der Waals surface area contributed by atoms with E-state index in [1.807, 2.05) is 18.4 Å². The van der Waals surface area contributed by atoms with Crippen molar-refractivity contribution in [2.24, 2.45) is 0 Å². The Kier molecular flexibility index (Phi) is 4.38. The van der Waals surface area contributed by atoms with Gasteiger partial charge in [0.15, 0.2) is 11.5 Å². The molecule has 2 aromatic carbocycles. The highest BCUT2D eigenvalue weighted by Crippen LogP contribution is 2.35. The van der Waals surface area contributed by atoms with Gasteiger partial charge in [-0.15, -0.1) is 11.8 Å². The standard InChI is InChI=1S/C13H11FO2S2/c1-17-10-4-2-9(3-5-10)16-13-8-11(18-14)6-7-12(13)15/h2-8,15H,1H3. The molecule has 5 heteroatoms. The van der Waals surface area contributed by atoms with Gasteiger partial charge in [-0.2, -0.15) is 3.89 Å². The summed E-state index contributed by atoms with van der Waals surface area (Å²) in [7, 11) is 0. The maximum Gasteiger partial charge on any atom is 0.170 e. The van der Waals surface area contributed by atoms with Gasteiger partial charge in [-0.25, -0.2) is 0 Å². The van der Waals surface area contributed by atoms with Crippen LogP contribution in [-0.4, -0.2) is 11.4 Å². The van der Waals surface area contributed by atoms with Crippen molar-refractivity contribution in [2.45, 2.75) is 9.79 Å². The van der Waals surface area contributed by atoms with Gasteiger partial charge in [0.2, 0.25) is 0 Å². The molecule has 0 bridgehead atoms. The van der Waals surface area contributed by atoms with Crippen LogP contribution in [0.3, 0.4) is 0 Å². The number of hydrogen-bond acceptors (Lipinski definition) is 4. The van der Waals surface area contributed by atoms with E-state index in [1.165, 1.54) is 18.2 Å². The molecular weight excluding hydrogens is 271 g/mol. The molecule has 0 aliphatic carbocycles. The second-order valence-corrected chi connectivity index (χ2v) is 4.99. The molecule has 0 amide bonds. The lowest BCUT2D eigenvalue weighted by atomic mass is 10.3. The molecule has 0 aliphatic rings. The lowest BCUT2D eigenvalue weighted by Crippen LogP contribution is -1.85. The van der Waals surface area contributed by atoms with Crippen LogP contribution < -0.4 is 4.74 Å². The molecule has 0 aromatic heterocycles. The summed E-state index contributed by atoms with van der Waals surface area (Å²) in [5, 5.41) is 9.63. The first kappa shape index (κ1) is 13.1. The zero-order valence-corrected chi connectivity index (χ0v) is 11.2. The largest absolute Gasteiger partial charge is 0.504 e. The van der Waals surface area contributed by atoms with Gasteiger partial charge in [0.1, 0.15) is 5.75 Å². The minimum atomic E-state index is -0.0123. The van der Waals surface area contributed by atoms with Gasteiger partial charge in [-0.1, -0.05) is 0 Å². The molecule has 1 N–H and O–H groups in total. The average Bonchev–Trinajstić information content (AvgIpc) is 2.42. The first-order chi connectivity index (χ1) is 8.72. The quantitative estimate of drug-likeness (QED) is 0.809. The van der Waals surface area contributed by atoms with E-state index < -0.39 is 0 Å². The Balaban J connectivity index is 2.21. The highest BCUT2D eigenvalue weighted by atomic mass is 32.2. The molecule has 0 saturated heterocycles. The van der Waals surface area contributed by atoms with Crippen LogP contribution >= 0.6 is 23.9 Å². The molecule has 0 heterocycles. The second-order valence-electron chi connectivity index (χ2n) is 3.48. The lowest BCUT2D eigenvalue weighted by Gasteiger charge is -2.08. The van der Waals surface area contributed by atoms with E-state index in [9.17, 15) is 8.99 Å². The smallest absolute Gasteiger partial charge is 0.170 e. The van der Waals surface area contributed by atoms with Crippen LogP contribution in [0.5, 0.6) is 17.2 Å². The van der Waals surface area contributed by atoms with Gasteiger partial charge < -0.3 is 9.84 Å². The van der Waals surface area contributed by atoms with Crippen molar-refractivity contribution in [1.82, 2.24) is 0 Å². The zero-order chi connectivity index (χ0) is 13.0.